The molecule has 0 saturated carbocycles. The Balaban J connectivity index is 1.71. The highest BCUT2D eigenvalue weighted by Crippen LogP contribution is 2.07. The van der Waals surface area contributed by atoms with Crippen LogP contribution in [-0.4, -0.2) is 11.0 Å². The maximum absolute atomic E-state index is 5.57. The van der Waals surface area contributed by atoms with Crippen LogP contribution in [0.5, 0.6) is 0 Å². The zero-order valence-corrected chi connectivity index (χ0v) is 11.7. The topological polar surface area (TPSA) is 38.1 Å². The van der Waals surface area contributed by atoms with E-state index in [1.54, 1.807) is 0 Å². The maximum Gasteiger partial charge on any atom is 0.208 e. The molecule has 1 aromatic carbocycles. The third-order valence-electron chi connectivity index (χ3n) is 3.26. The van der Waals surface area contributed by atoms with Crippen LogP contribution in [0.3, 0.4) is 0 Å². The van der Waals surface area contributed by atoms with Gasteiger partial charge in [-0.25, -0.2) is 4.98 Å². The van der Waals surface area contributed by atoms with Crippen molar-refractivity contribution in [2.75, 3.05) is 0 Å². The van der Waals surface area contributed by atoms with Gasteiger partial charge in [0.05, 0.1) is 12.7 Å². The quantitative estimate of drug-likeness (QED) is 0.827. The van der Waals surface area contributed by atoms with E-state index in [9.17, 15) is 0 Å². The lowest BCUT2D eigenvalue weighted by Gasteiger charge is -2.12. The van der Waals surface area contributed by atoms with Crippen molar-refractivity contribution in [1.82, 2.24) is 10.3 Å². The predicted octanol–water partition coefficient (Wildman–Crippen LogP) is 3.35. The number of benzene rings is 1. The summed E-state index contributed by atoms with van der Waals surface area (Å²) >= 11 is 0. The normalized spacial score (nSPS) is 12.5. The molecule has 102 valence electrons. The Bertz CT molecular complexity index is 479. The second-order valence-electron chi connectivity index (χ2n) is 4.88. The van der Waals surface area contributed by atoms with Crippen LogP contribution in [0.4, 0.5) is 0 Å². The fourth-order valence-electron chi connectivity index (χ4n) is 1.98. The fourth-order valence-corrected chi connectivity index (χ4v) is 1.98. The van der Waals surface area contributed by atoms with Crippen molar-refractivity contribution in [2.24, 2.45) is 0 Å². The van der Waals surface area contributed by atoms with Crippen molar-refractivity contribution in [3.05, 3.63) is 53.7 Å². The predicted molar refractivity (Wildman–Crippen MR) is 76.9 cm³/mol. The minimum Gasteiger partial charge on any atom is -0.444 e. The average molecular weight is 258 g/mol. The monoisotopic (exact) mass is 258 g/mol. The van der Waals surface area contributed by atoms with Gasteiger partial charge in [-0.05, 0) is 25.3 Å². The van der Waals surface area contributed by atoms with E-state index in [2.05, 4.69) is 54.5 Å². The number of aromatic nitrogens is 1. The molecule has 2 rings (SSSR count). The molecule has 0 fully saturated rings. The number of nitrogens with one attached hydrogen (secondary N) is 1. The molecule has 0 spiro atoms. The molecule has 1 unspecified atom stereocenters. The number of nitrogens with zero attached hydrogens (tertiary/aromatic N) is 1. The van der Waals surface area contributed by atoms with Crippen LogP contribution in [0.2, 0.25) is 0 Å². The van der Waals surface area contributed by atoms with Gasteiger partial charge in [-0.15, -0.1) is 0 Å². The Morgan fingerprint density at radius 2 is 2.05 bits per heavy atom. The molecule has 0 aliphatic carbocycles. The Hall–Kier alpha value is -1.61. The van der Waals surface area contributed by atoms with Crippen molar-refractivity contribution in [2.45, 2.75) is 45.7 Å². The Morgan fingerprint density at radius 1 is 1.26 bits per heavy atom. The zero-order valence-electron chi connectivity index (χ0n) is 11.7. The van der Waals surface area contributed by atoms with Gasteiger partial charge in [-0.3, -0.25) is 0 Å². The van der Waals surface area contributed by atoms with Crippen LogP contribution in [0.25, 0.3) is 0 Å². The van der Waals surface area contributed by atoms with Gasteiger partial charge < -0.3 is 9.73 Å². The smallest absolute Gasteiger partial charge is 0.208 e. The summed E-state index contributed by atoms with van der Waals surface area (Å²) in [6, 6.07) is 11.0. The minimum absolute atomic E-state index is 0.456. The molecular formula is C16H22N2O. The molecule has 19 heavy (non-hydrogen) atoms. The van der Waals surface area contributed by atoms with E-state index in [1.165, 1.54) is 5.56 Å². The number of rotatable bonds is 7. The second-order valence-corrected chi connectivity index (χ2v) is 4.88. The van der Waals surface area contributed by atoms with Crippen LogP contribution in [0, 0.1) is 0 Å². The summed E-state index contributed by atoms with van der Waals surface area (Å²) < 4.78 is 5.57. The lowest BCUT2D eigenvalue weighted by Crippen LogP contribution is -2.26. The van der Waals surface area contributed by atoms with Gasteiger partial charge in [0, 0.05) is 12.5 Å². The van der Waals surface area contributed by atoms with Gasteiger partial charge in [-0.2, -0.15) is 0 Å². The van der Waals surface area contributed by atoms with Crippen LogP contribution in [0.15, 0.2) is 40.9 Å². The first-order valence-electron chi connectivity index (χ1n) is 6.99. The summed E-state index contributed by atoms with van der Waals surface area (Å²) in [5.74, 6) is 1.73. The SMILES string of the molecule is CCc1cnc(CNC(C)CCc2ccccc2)o1. The molecular weight excluding hydrogens is 236 g/mol. The van der Waals surface area contributed by atoms with Crippen LogP contribution in [-0.2, 0) is 19.4 Å². The van der Waals surface area contributed by atoms with Gasteiger partial charge in [0.25, 0.3) is 0 Å². The van der Waals surface area contributed by atoms with Gasteiger partial charge in [0.2, 0.25) is 5.89 Å². The summed E-state index contributed by atoms with van der Waals surface area (Å²) in [4.78, 5) is 4.25. The number of oxazole rings is 1. The average Bonchev–Trinajstić information content (AvgIpc) is 2.92. The number of aryl methyl sites for hydroxylation is 2. The van der Waals surface area contributed by atoms with E-state index in [0.29, 0.717) is 12.6 Å². The van der Waals surface area contributed by atoms with Crippen molar-refractivity contribution < 1.29 is 4.42 Å². The first-order chi connectivity index (χ1) is 9.28. The fraction of sp³-hybridized carbons (Fsp3) is 0.438. The Labute approximate surface area is 115 Å². The molecule has 0 saturated heterocycles. The summed E-state index contributed by atoms with van der Waals surface area (Å²) in [6.45, 7) is 4.97. The highest BCUT2D eigenvalue weighted by molar-refractivity contribution is 5.14. The summed E-state index contributed by atoms with van der Waals surface area (Å²) in [6.07, 6.45) is 4.92. The van der Waals surface area contributed by atoms with Crippen molar-refractivity contribution in [1.29, 1.82) is 0 Å². The second kappa shape index (κ2) is 7.10. The molecule has 0 bridgehead atoms. The molecule has 0 aliphatic rings. The zero-order chi connectivity index (χ0) is 13.5. The highest BCUT2D eigenvalue weighted by Gasteiger charge is 2.06. The first-order valence-corrected chi connectivity index (χ1v) is 6.99. The highest BCUT2D eigenvalue weighted by atomic mass is 16.4. The molecule has 1 heterocycles. The molecule has 1 N–H and O–H groups in total. The van der Waals surface area contributed by atoms with E-state index in [1.807, 2.05) is 6.20 Å². The molecule has 3 heteroatoms. The summed E-state index contributed by atoms with van der Waals surface area (Å²) in [7, 11) is 0. The molecule has 0 radical (unpaired) electrons. The minimum atomic E-state index is 0.456. The van der Waals surface area contributed by atoms with E-state index >= 15 is 0 Å². The third kappa shape index (κ3) is 4.52. The van der Waals surface area contributed by atoms with E-state index < -0.39 is 0 Å². The maximum atomic E-state index is 5.57. The molecule has 1 atom stereocenters. The molecule has 2 aromatic rings. The first kappa shape index (κ1) is 13.8. The van der Waals surface area contributed by atoms with Gasteiger partial charge in [0.15, 0.2) is 0 Å². The molecule has 0 amide bonds. The van der Waals surface area contributed by atoms with Crippen LogP contribution >= 0.6 is 0 Å². The third-order valence-corrected chi connectivity index (χ3v) is 3.26. The summed E-state index contributed by atoms with van der Waals surface area (Å²) in [5.41, 5.74) is 1.39. The molecule has 3 nitrogen and oxygen atoms in total. The van der Waals surface area contributed by atoms with Gasteiger partial charge in [0.1, 0.15) is 5.76 Å². The standard InChI is InChI=1S/C16H22N2O/c1-3-15-11-18-16(19-15)12-17-13(2)9-10-14-7-5-4-6-8-14/h4-8,11,13,17H,3,9-10,12H2,1-2H3. The number of hydrogen-bond donors (Lipinski definition) is 1. The van der Waals surface area contributed by atoms with Gasteiger partial charge >= 0.3 is 0 Å². The largest absolute Gasteiger partial charge is 0.444 e. The number of hydrogen-bond acceptors (Lipinski definition) is 3. The van der Waals surface area contributed by atoms with Crippen molar-refractivity contribution in [3.63, 3.8) is 0 Å². The van der Waals surface area contributed by atoms with E-state index in [0.717, 1.165) is 30.9 Å². The molecule has 1 aromatic heterocycles. The lowest BCUT2D eigenvalue weighted by molar-refractivity contribution is 0.414. The lowest BCUT2D eigenvalue weighted by atomic mass is 10.1. The van der Waals surface area contributed by atoms with Gasteiger partial charge in [-0.1, -0.05) is 37.3 Å². The van der Waals surface area contributed by atoms with Crippen molar-refractivity contribution in [3.8, 4) is 0 Å². The molecule has 0 aliphatic heterocycles. The van der Waals surface area contributed by atoms with Crippen molar-refractivity contribution >= 4 is 0 Å². The van der Waals surface area contributed by atoms with E-state index in [4.69, 9.17) is 4.42 Å². The summed E-state index contributed by atoms with van der Waals surface area (Å²) in [5, 5.41) is 3.45. The van der Waals surface area contributed by atoms with Crippen LogP contribution < -0.4 is 5.32 Å². The van der Waals surface area contributed by atoms with Crippen LogP contribution in [0.1, 0.15) is 37.5 Å². The Kier molecular flexibility index (Phi) is 5.16. The Morgan fingerprint density at radius 3 is 2.74 bits per heavy atom. The van der Waals surface area contributed by atoms with E-state index in [-0.39, 0.29) is 0 Å².